The van der Waals surface area contributed by atoms with Crippen LogP contribution in [0, 0.1) is 0 Å². The Hall–Kier alpha value is -3.68. The average Bonchev–Trinajstić information content (AvgIpc) is 3.17. The zero-order chi connectivity index (χ0) is 33.9. The Balaban J connectivity index is 1.76. The van der Waals surface area contributed by atoms with Crippen LogP contribution >= 0.6 is 11.6 Å². The number of likely N-dealkylation sites (tertiary alicyclic amines) is 1. The van der Waals surface area contributed by atoms with E-state index in [0.29, 0.717) is 56.5 Å². The van der Waals surface area contributed by atoms with Crippen molar-refractivity contribution < 1.29 is 32.3 Å². The molecular formula is C31H42ClF3N6O5. The molecule has 2 heterocycles. The van der Waals surface area contributed by atoms with Gasteiger partial charge in [0.2, 0.25) is 5.91 Å². The van der Waals surface area contributed by atoms with Crippen molar-refractivity contribution in [3.63, 3.8) is 0 Å². The van der Waals surface area contributed by atoms with Crippen LogP contribution in [-0.4, -0.2) is 58.5 Å². The summed E-state index contributed by atoms with van der Waals surface area (Å²) in [5.74, 6) is -0.585. The number of hydrogen-bond donors (Lipinski definition) is 2. The van der Waals surface area contributed by atoms with E-state index in [2.05, 4.69) is 15.9 Å². The monoisotopic (exact) mass is 670 g/mol. The van der Waals surface area contributed by atoms with Gasteiger partial charge in [0, 0.05) is 36.8 Å². The van der Waals surface area contributed by atoms with Gasteiger partial charge in [-0.3, -0.25) is 9.59 Å². The Bertz CT molecular complexity index is 1580. The number of fused-ring (bicyclic) bond motifs is 2. The molecule has 0 saturated carbocycles. The molecule has 1 aromatic carbocycles. The van der Waals surface area contributed by atoms with Crippen molar-refractivity contribution in [2.75, 3.05) is 37.5 Å². The van der Waals surface area contributed by atoms with E-state index in [1.54, 1.807) is 16.5 Å². The SMILES string of the molecule is CCCO/N=c1/n(CC(=O)Nc2ccc(C(F)(F)F)cc2Cl)c2c(c(=O)n1NC)C1(CCC2)CCCN(C(=O)OC(C)(C)C)CC1. The molecule has 1 aliphatic carbocycles. The number of anilines is 1. The molecular weight excluding hydrogens is 629 g/mol. The molecule has 1 fully saturated rings. The smallest absolute Gasteiger partial charge is 0.416 e. The predicted octanol–water partition coefficient (Wildman–Crippen LogP) is 5.37. The summed E-state index contributed by atoms with van der Waals surface area (Å²) in [6.07, 6.45) is -0.585. The highest BCUT2D eigenvalue weighted by molar-refractivity contribution is 6.33. The number of carbonyl (C=O) groups excluding carboxylic acids is 2. The van der Waals surface area contributed by atoms with Gasteiger partial charge in [-0.1, -0.05) is 18.5 Å². The number of halogens is 4. The fourth-order valence-electron chi connectivity index (χ4n) is 6.20. The van der Waals surface area contributed by atoms with Gasteiger partial charge in [0.1, 0.15) is 18.8 Å². The largest absolute Gasteiger partial charge is 0.444 e. The number of nitrogens with one attached hydrogen (secondary N) is 2. The van der Waals surface area contributed by atoms with Gasteiger partial charge in [0.15, 0.2) is 0 Å². The number of nitrogens with zero attached hydrogens (tertiary/aromatic N) is 4. The molecule has 1 aliphatic heterocycles. The van der Waals surface area contributed by atoms with Crippen molar-refractivity contribution in [1.29, 1.82) is 0 Å². The van der Waals surface area contributed by atoms with E-state index < -0.39 is 34.8 Å². The van der Waals surface area contributed by atoms with Gasteiger partial charge >= 0.3 is 12.3 Å². The van der Waals surface area contributed by atoms with E-state index in [9.17, 15) is 27.6 Å². The number of carbonyl (C=O) groups is 2. The number of rotatable bonds is 7. The first kappa shape index (κ1) is 35.2. The molecule has 4 rings (SSSR count). The van der Waals surface area contributed by atoms with Crippen LogP contribution in [0.25, 0.3) is 0 Å². The molecule has 1 spiro atoms. The molecule has 1 unspecified atom stereocenters. The second-order valence-corrected chi connectivity index (χ2v) is 13.1. The molecule has 1 aromatic heterocycles. The lowest BCUT2D eigenvalue weighted by Crippen LogP contribution is -2.53. The third kappa shape index (κ3) is 7.81. The Morgan fingerprint density at radius 1 is 1.11 bits per heavy atom. The minimum atomic E-state index is -4.59. The maximum Gasteiger partial charge on any atom is 0.416 e. The van der Waals surface area contributed by atoms with Gasteiger partial charge in [-0.25, -0.2) is 4.79 Å². The van der Waals surface area contributed by atoms with Gasteiger partial charge in [0.05, 0.1) is 16.3 Å². The van der Waals surface area contributed by atoms with E-state index in [0.717, 1.165) is 31.0 Å². The van der Waals surface area contributed by atoms with Gasteiger partial charge in [-0.05, 0) is 89.1 Å². The Morgan fingerprint density at radius 2 is 1.83 bits per heavy atom. The molecule has 1 atom stereocenters. The molecule has 46 heavy (non-hydrogen) atoms. The van der Waals surface area contributed by atoms with Crippen LogP contribution in [0.2, 0.25) is 5.02 Å². The van der Waals surface area contributed by atoms with Crippen molar-refractivity contribution in [3.8, 4) is 0 Å². The topological polar surface area (TPSA) is 119 Å². The summed E-state index contributed by atoms with van der Waals surface area (Å²) in [4.78, 5) is 47.8. The third-order valence-electron chi connectivity index (χ3n) is 8.20. The van der Waals surface area contributed by atoms with Gasteiger partial charge in [-0.2, -0.15) is 17.8 Å². The summed E-state index contributed by atoms with van der Waals surface area (Å²) in [5.41, 5.74) is 1.68. The highest BCUT2D eigenvalue weighted by atomic mass is 35.5. The molecule has 2 aliphatic rings. The van der Waals surface area contributed by atoms with E-state index in [4.69, 9.17) is 21.2 Å². The number of ether oxygens (including phenoxy) is 1. The van der Waals surface area contributed by atoms with Crippen LogP contribution in [0.1, 0.15) is 83.0 Å². The summed E-state index contributed by atoms with van der Waals surface area (Å²) >= 11 is 6.11. The Labute approximate surface area is 270 Å². The number of hydrogen-bond acceptors (Lipinski definition) is 7. The maximum atomic E-state index is 14.2. The summed E-state index contributed by atoms with van der Waals surface area (Å²) in [7, 11) is 1.56. The molecule has 11 nitrogen and oxygen atoms in total. The van der Waals surface area contributed by atoms with E-state index in [1.165, 1.54) is 4.68 Å². The van der Waals surface area contributed by atoms with Gasteiger partial charge in [-0.15, -0.1) is 0 Å². The minimum Gasteiger partial charge on any atom is -0.444 e. The van der Waals surface area contributed by atoms with E-state index in [1.807, 2.05) is 27.7 Å². The first-order valence-electron chi connectivity index (χ1n) is 15.5. The Kier molecular flexibility index (Phi) is 10.7. The quantitative estimate of drug-likeness (QED) is 0.302. The molecule has 1 saturated heterocycles. The first-order chi connectivity index (χ1) is 21.6. The molecule has 0 bridgehead atoms. The summed E-state index contributed by atoms with van der Waals surface area (Å²) in [6, 6.07) is 2.70. The first-order valence-corrected chi connectivity index (χ1v) is 15.9. The second-order valence-electron chi connectivity index (χ2n) is 12.7. The van der Waals surface area contributed by atoms with Crippen molar-refractivity contribution in [1.82, 2.24) is 14.1 Å². The number of alkyl halides is 3. The summed E-state index contributed by atoms with van der Waals surface area (Å²) in [6.45, 7) is 8.17. The Morgan fingerprint density at radius 3 is 2.46 bits per heavy atom. The zero-order valence-corrected chi connectivity index (χ0v) is 27.6. The van der Waals surface area contributed by atoms with Gasteiger partial charge in [0.25, 0.3) is 11.2 Å². The fraction of sp³-hybridized carbons (Fsp3) is 0.613. The minimum absolute atomic E-state index is 0.0132. The van der Waals surface area contributed by atoms with Crippen LogP contribution in [0.5, 0.6) is 0 Å². The van der Waals surface area contributed by atoms with Crippen molar-refractivity contribution in [3.05, 3.63) is 56.0 Å². The highest BCUT2D eigenvalue weighted by Gasteiger charge is 2.43. The molecule has 2 aromatic rings. The highest BCUT2D eigenvalue weighted by Crippen LogP contribution is 2.43. The van der Waals surface area contributed by atoms with Crippen LogP contribution in [-0.2, 0) is 38.9 Å². The lowest BCUT2D eigenvalue weighted by Gasteiger charge is -2.39. The fourth-order valence-corrected chi connectivity index (χ4v) is 6.42. The van der Waals surface area contributed by atoms with E-state index >= 15 is 0 Å². The van der Waals surface area contributed by atoms with Crippen LogP contribution < -0.4 is 21.9 Å². The summed E-state index contributed by atoms with van der Waals surface area (Å²) < 4.78 is 48.0. The standard InChI is InChI=1S/C31H42ClF3N6O5/c1-6-17-45-38-27-40(19-24(42)37-22-11-10-20(18-21(22)32)31(33,34)35)23-9-7-12-30(25(23)26(43)41(27)36-5)13-8-15-39(16-14-30)28(44)46-29(2,3)4/h10-11,18,36H,6-9,12-17,19H2,1-5H3,(H,37,42)/b38-27-. The lowest BCUT2D eigenvalue weighted by molar-refractivity contribution is -0.137. The second kappa shape index (κ2) is 14.0. The molecule has 2 amide bonds. The van der Waals surface area contributed by atoms with Crippen molar-refractivity contribution in [2.45, 2.75) is 96.4 Å². The van der Waals surface area contributed by atoms with Crippen LogP contribution in [0.3, 0.4) is 0 Å². The number of benzene rings is 1. The normalized spacial score (nSPS) is 19.0. The van der Waals surface area contributed by atoms with Crippen LogP contribution in [0.15, 0.2) is 28.1 Å². The molecule has 0 radical (unpaired) electrons. The molecule has 2 N–H and O–H groups in total. The van der Waals surface area contributed by atoms with Crippen molar-refractivity contribution >= 4 is 29.3 Å². The predicted molar refractivity (Wildman–Crippen MR) is 167 cm³/mol. The van der Waals surface area contributed by atoms with Crippen LogP contribution in [0.4, 0.5) is 23.7 Å². The lowest BCUT2D eigenvalue weighted by atomic mass is 9.67. The van der Waals surface area contributed by atoms with E-state index in [-0.39, 0.29) is 35.0 Å². The molecule has 15 heteroatoms. The average molecular weight is 671 g/mol. The number of aromatic nitrogens is 2. The zero-order valence-electron chi connectivity index (χ0n) is 26.9. The molecule has 254 valence electrons. The van der Waals surface area contributed by atoms with Gasteiger partial charge < -0.3 is 29.8 Å². The van der Waals surface area contributed by atoms with Crippen molar-refractivity contribution in [2.24, 2.45) is 5.16 Å². The summed E-state index contributed by atoms with van der Waals surface area (Å²) in [5, 5.41) is 6.57. The maximum absolute atomic E-state index is 14.2. The number of amides is 2. The third-order valence-corrected chi connectivity index (χ3v) is 8.52.